The number of hydrogen-bond acceptors (Lipinski definition) is 7. The van der Waals surface area contributed by atoms with Crippen LogP contribution >= 0.6 is 0 Å². The first-order valence-electron chi connectivity index (χ1n) is 8.01. The number of nitro benzene ring substituents is 1. The van der Waals surface area contributed by atoms with Crippen LogP contribution in [-0.4, -0.2) is 24.4 Å². The second-order valence-electron chi connectivity index (χ2n) is 5.78. The van der Waals surface area contributed by atoms with Gasteiger partial charge in [-0.05, 0) is 18.2 Å². The van der Waals surface area contributed by atoms with Crippen molar-refractivity contribution in [2.75, 3.05) is 18.9 Å². The summed E-state index contributed by atoms with van der Waals surface area (Å²) in [5.41, 5.74) is 1.44. The molecule has 2 aliphatic heterocycles. The Hall–Kier alpha value is -3.59. The van der Waals surface area contributed by atoms with Crippen molar-refractivity contribution in [1.29, 1.82) is 0 Å². The van der Waals surface area contributed by atoms with Crippen LogP contribution in [0.15, 0.2) is 36.4 Å². The van der Waals surface area contributed by atoms with E-state index in [2.05, 4.69) is 5.32 Å². The lowest BCUT2D eigenvalue weighted by atomic mass is 10.1. The molecule has 0 spiro atoms. The van der Waals surface area contributed by atoms with E-state index in [0.717, 1.165) is 0 Å². The molecule has 0 fully saturated rings. The Morgan fingerprint density at radius 2 is 1.96 bits per heavy atom. The Morgan fingerprint density at radius 1 is 1.11 bits per heavy atom. The zero-order valence-electron chi connectivity index (χ0n) is 14.0. The number of benzene rings is 2. The number of ether oxygens (including phenoxy) is 4. The van der Waals surface area contributed by atoms with Gasteiger partial charge in [-0.15, -0.1) is 0 Å². The molecule has 0 saturated carbocycles. The lowest BCUT2D eigenvalue weighted by Crippen LogP contribution is -2.13. The molecule has 9 heteroatoms. The molecule has 27 heavy (non-hydrogen) atoms. The van der Waals surface area contributed by atoms with Gasteiger partial charge in [-0.2, -0.15) is 0 Å². The summed E-state index contributed by atoms with van der Waals surface area (Å²) in [4.78, 5) is 22.8. The fourth-order valence-corrected chi connectivity index (χ4v) is 2.78. The number of rotatable bonds is 4. The van der Waals surface area contributed by atoms with Gasteiger partial charge in [0.2, 0.25) is 12.7 Å². The van der Waals surface area contributed by atoms with Crippen molar-refractivity contribution in [3.8, 4) is 17.2 Å². The van der Waals surface area contributed by atoms with Gasteiger partial charge in [0.15, 0.2) is 18.3 Å². The van der Waals surface area contributed by atoms with Crippen LogP contribution in [0.2, 0.25) is 0 Å². The first kappa shape index (κ1) is 16.9. The Balaban J connectivity index is 1.54. The minimum atomic E-state index is -0.501. The molecule has 1 amide bonds. The van der Waals surface area contributed by atoms with Gasteiger partial charge in [0.1, 0.15) is 5.75 Å². The summed E-state index contributed by atoms with van der Waals surface area (Å²) in [5, 5.41) is 13.8. The minimum absolute atomic E-state index is 0.0506. The van der Waals surface area contributed by atoms with Crippen LogP contribution in [-0.2, 0) is 16.1 Å². The van der Waals surface area contributed by atoms with Crippen molar-refractivity contribution in [3.63, 3.8) is 0 Å². The molecule has 4 rings (SSSR count). The average molecular weight is 370 g/mol. The second kappa shape index (κ2) is 6.96. The van der Waals surface area contributed by atoms with E-state index in [0.29, 0.717) is 34.1 Å². The first-order chi connectivity index (χ1) is 13.1. The maximum atomic E-state index is 12.2. The largest absolute Gasteiger partial charge is 0.467 e. The van der Waals surface area contributed by atoms with E-state index in [1.54, 1.807) is 18.2 Å². The Bertz CT molecular complexity index is 955. The van der Waals surface area contributed by atoms with Crippen molar-refractivity contribution in [3.05, 3.63) is 57.6 Å². The third-order valence-corrected chi connectivity index (χ3v) is 3.99. The van der Waals surface area contributed by atoms with Gasteiger partial charge in [0.05, 0.1) is 11.5 Å². The predicted molar refractivity (Wildman–Crippen MR) is 93.6 cm³/mol. The van der Waals surface area contributed by atoms with E-state index in [9.17, 15) is 14.9 Å². The molecular formula is C18H14N2O7. The van der Waals surface area contributed by atoms with Crippen molar-refractivity contribution in [1.82, 2.24) is 0 Å². The van der Waals surface area contributed by atoms with Gasteiger partial charge in [-0.3, -0.25) is 14.9 Å². The summed E-state index contributed by atoms with van der Waals surface area (Å²) in [5.74, 6) is 1.24. The molecule has 1 N–H and O–H groups in total. The number of carbonyl (C=O) groups is 1. The van der Waals surface area contributed by atoms with Crippen LogP contribution in [0.1, 0.15) is 11.1 Å². The highest BCUT2D eigenvalue weighted by Gasteiger charge is 2.20. The third-order valence-electron chi connectivity index (χ3n) is 3.99. The summed E-state index contributed by atoms with van der Waals surface area (Å²) in [6.07, 6.45) is 2.75. The van der Waals surface area contributed by atoms with Gasteiger partial charge >= 0.3 is 0 Å². The number of hydrogen-bond donors (Lipinski definition) is 1. The molecule has 0 radical (unpaired) electrons. The van der Waals surface area contributed by atoms with E-state index in [1.807, 2.05) is 0 Å². The van der Waals surface area contributed by atoms with Crippen LogP contribution < -0.4 is 19.5 Å². The summed E-state index contributed by atoms with van der Waals surface area (Å²) >= 11 is 0. The maximum absolute atomic E-state index is 12.2. The van der Waals surface area contributed by atoms with Crippen molar-refractivity contribution in [2.24, 2.45) is 0 Å². The van der Waals surface area contributed by atoms with Gasteiger partial charge in [-0.25, -0.2) is 0 Å². The zero-order chi connectivity index (χ0) is 18.8. The molecular weight excluding hydrogens is 356 g/mol. The molecule has 2 aromatic rings. The molecule has 9 nitrogen and oxygen atoms in total. The number of nitro groups is 1. The van der Waals surface area contributed by atoms with Gasteiger partial charge in [-0.1, -0.05) is 0 Å². The SMILES string of the molecule is O=C(/C=C/c1cc([N+](=O)[O-])cc2c1OCOC2)Nc1ccc2c(c1)OCO2. The van der Waals surface area contributed by atoms with Crippen molar-refractivity contribution in [2.45, 2.75) is 6.61 Å². The maximum Gasteiger partial charge on any atom is 0.270 e. The zero-order valence-corrected chi connectivity index (χ0v) is 14.0. The molecule has 0 saturated heterocycles. The fourth-order valence-electron chi connectivity index (χ4n) is 2.78. The number of non-ortho nitro benzene ring substituents is 1. The third kappa shape index (κ3) is 3.53. The van der Waals surface area contributed by atoms with E-state index >= 15 is 0 Å². The quantitative estimate of drug-likeness (QED) is 0.501. The summed E-state index contributed by atoms with van der Waals surface area (Å²) in [6, 6.07) is 7.80. The normalized spacial score (nSPS) is 14.5. The van der Waals surface area contributed by atoms with Crippen LogP contribution in [0.25, 0.3) is 6.08 Å². The van der Waals surface area contributed by atoms with E-state index in [1.165, 1.54) is 24.3 Å². The highest BCUT2D eigenvalue weighted by atomic mass is 16.7. The smallest absolute Gasteiger partial charge is 0.270 e. The molecule has 0 aromatic heterocycles. The van der Waals surface area contributed by atoms with Crippen LogP contribution in [0, 0.1) is 10.1 Å². The molecule has 2 aliphatic rings. The monoisotopic (exact) mass is 370 g/mol. The molecule has 138 valence electrons. The van der Waals surface area contributed by atoms with Gasteiger partial charge in [0.25, 0.3) is 5.69 Å². The number of nitrogens with one attached hydrogen (secondary N) is 1. The number of amides is 1. The summed E-state index contributed by atoms with van der Waals surface area (Å²) < 4.78 is 21.1. The minimum Gasteiger partial charge on any atom is -0.467 e. The van der Waals surface area contributed by atoms with Crippen LogP contribution in [0.4, 0.5) is 11.4 Å². The van der Waals surface area contributed by atoms with Gasteiger partial charge < -0.3 is 24.3 Å². The molecule has 2 aromatic carbocycles. The lowest BCUT2D eigenvalue weighted by Gasteiger charge is -2.19. The molecule has 0 unspecified atom stereocenters. The fraction of sp³-hybridized carbons (Fsp3) is 0.167. The Morgan fingerprint density at radius 3 is 2.81 bits per heavy atom. The molecule has 0 aliphatic carbocycles. The molecule has 2 heterocycles. The number of fused-ring (bicyclic) bond motifs is 2. The van der Waals surface area contributed by atoms with E-state index in [4.69, 9.17) is 18.9 Å². The van der Waals surface area contributed by atoms with Crippen LogP contribution in [0.5, 0.6) is 17.2 Å². The highest BCUT2D eigenvalue weighted by Crippen LogP contribution is 2.35. The molecule has 0 atom stereocenters. The van der Waals surface area contributed by atoms with Crippen molar-refractivity contribution < 1.29 is 28.7 Å². The summed E-state index contributed by atoms with van der Waals surface area (Å²) in [6.45, 7) is 0.407. The number of nitrogens with zero attached hydrogens (tertiary/aromatic N) is 1. The highest BCUT2D eigenvalue weighted by molar-refractivity contribution is 6.02. The van der Waals surface area contributed by atoms with E-state index < -0.39 is 10.8 Å². The van der Waals surface area contributed by atoms with Crippen molar-refractivity contribution >= 4 is 23.4 Å². The lowest BCUT2D eigenvalue weighted by molar-refractivity contribution is -0.385. The Kier molecular flexibility index (Phi) is 4.35. The Labute approximate surface area is 153 Å². The standard InChI is InChI=1S/C18H14N2O7/c21-17(19-13-2-3-15-16(7-13)26-10-25-15)4-1-11-5-14(20(22)23)6-12-8-24-9-27-18(11)12/h1-7H,8-10H2,(H,19,21)/b4-1+. The van der Waals surface area contributed by atoms with E-state index in [-0.39, 0.29) is 25.9 Å². The topological polar surface area (TPSA) is 109 Å². The number of anilines is 1. The summed E-state index contributed by atoms with van der Waals surface area (Å²) in [7, 11) is 0. The van der Waals surface area contributed by atoms with Gasteiger partial charge in [0, 0.05) is 41.1 Å². The average Bonchev–Trinajstić information content (AvgIpc) is 3.13. The molecule has 0 bridgehead atoms. The van der Waals surface area contributed by atoms with Crippen LogP contribution in [0.3, 0.4) is 0 Å². The predicted octanol–water partition coefficient (Wildman–Crippen LogP) is 2.84. The number of carbonyl (C=O) groups excluding carboxylic acids is 1. The first-order valence-corrected chi connectivity index (χ1v) is 8.01. The second-order valence-corrected chi connectivity index (χ2v) is 5.78.